The molecule has 11 atom stereocenters. The van der Waals surface area contributed by atoms with Crippen LogP contribution in [0.15, 0.2) is 0 Å². The van der Waals surface area contributed by atoms with Gasteiger partial charge in [-0.25, -0.2) is 0 Å². The molecule has 188 valence electrons. The lowest BCUT2D eigenvalue weighted by molar-refractivity contribution is -0.216. The van der Waals surface area contributed by atoms with Gasteiger partial charge in [-0.2, -0.15) is 0 Å². The van der Waals surface area contributed by atoms with Gasteiger partial charge in [-0.15, -0.1) is 0 Å². The summed E-state index contributed by atoms with van der Waals surface area (Å²) in [6.07, 6.45) is 6.54. The number of methoxy groups -OCH3 is 1. The molecule has 0 aromatic carbocycles. The first-order valence-electron chi connectivity index (χ1n) is 13.1. The third-order valence-corrected chi connectivity index (χ3v) is 10.8. The Morgan fingerprint density at radius 3 is 2.45 bits per heavy atom. The van der Waals surface area contributed by atoms with Crippen molar-refractivity contribution in [2.24, 2.45) is 46.3 Å². The normalized spacial score (nSPS) is 47.6. The van der Waals surface area contributed by atoms with Crippen LogP contribution in [-0.4, -0.2) is 47.6 Å². The summed E-state index contributed by atoms with van der Waals surface area (Å²) in [5.74, 6) is 1.40. The zero-order valence-electron chi connectivity index (χ0n) is 21.1. The highest BCUT2D eigenvalue weighted by Gasteiger charge is 2.66. The van der Waals surface area contributed by atoms with Crippen molar-refractivity contribution < 1.29 is 29.3 Å². The predicted octanol–water partition coefficient (Wildman–Crippen LogP) is 4.11. The minimum Gasteiger partial charge on any atom is -0.469 e. The number of esters is 2. The Kier molecular flexibility index (Phi) is 6.92. The van der Waals surface area contributed by atoms with Crippen molar-refractivity contribution in [2.75, 3.05) is 7.11 Å². The van der Waals surface area contributed by atoms with Crippen LogP contribution in [0, 0.1) is 46.3 Å². The molecule has 0 saturated heterocycles. The van der Waals surface area contributed by atoms with Crippen LogP contribution in [0.1, 0.15) is 85.5 Å². The van der Waals surface area contributed by atoms with Gasteiger partial charge >= 0.3 is 11.9 Å². The molecule has 4 saturated carbocycles. The van der Waals surface area contributed by atoms with Gasteiger partial charge in [0.2, 0.25) is 0 Å². The first kappa shape index (κ1) is 25.0. The number of hydrogen-bond donors (Lipinski definition) is 2. The maximum atomic E-state index is 12.1. The van der Waals surface area contributed by atoms with E-state index in [1.54, 1.807) is 0 Å². The Labute approximate surface area is 198 Å². The molecular formula is C27H44O6. The van der Waals surface area contributed by atoms with E-state index in [2.05, 4.69) is 20.8 Å². The maximum Gasteiger partial charge on any atom is 0.305 e. The Hall–Kier alpha value is -1.14. The highest BCUT2D eigenvalue weighted by Crippen LogP contribution is 2.68. The molecule has 2 N–H and O–H groups in total. The van der Waals surface area contributed by atoms with Crippen molar-refractivity contribution in [3.05, 3.63) is 0 Å². The average molecular weight is 465 g/mol. The zero-order valence-corrected chi connectivity index (χ0v) is 21.1. The van der Waals surface area contributed by atoms with Crippen molar-refractivity contribution in [3.63, 3.8) is 0 Å². The summed E-state index contributed by atoms with van der Waals surface area (Å²) >= 11 is 0. The second kappa shape index (κ2) is 9.14. The van der Waals surface area contributed by atoms with Gasteiger partial charge in [0, 0.05) is 19.3 Å². The van der Waals surface area contributed by atoms with Crippen molar-refractivity contribution in [1.82, 2.24) is 0 Å². The van der Waals surface area contributed by atoms with Gasteiger partial charge < -0.3 is 19.7 Å². The summed E-state index contributed by atoms with van der Waals surface area (Å²) in [5, 5.41) is 22.1. The summed E-state index contributed by atoms with van der Waals surface area (Å²) < 4.78 is 10.9. The topological polar surface area (TPSA) is 93.1 Å². The van der Waals surface area contributed by atoms with E-state index in [-0.39, 0.29) is 40.9 Å². The Morgan fingerprint density at radius 2 is 1.79 bits per heavy atom. The number of hydrogen-bond acceptors (Lipinski definition) is 6. The summed E-state index contributed by atoms with van der Waals surface area (Å²) in [6, 6.07) is 0. The first-order valence-corrected chi connectivity index (χ1v) is 13.1. The number of ether oxygens (including phenoxy) is 2. The second-order valence-electron chi connectivity index (χ2n) is 12.2. The summed E-state index contributed by atoms with van der Waals surface area (Å²) in [5.41, 5.74) is -0.177. The van der Waals surface area contributed by atoms with E-state index >= 15 is 0 Å². The van der Waals surface area contributed by atoms with Gasteiger partial charge in [0.15, 0.2) is 0 Å². The van der Waals surface area contributed by atoms with Gasteiger partial charge in [0.1, 0.15) is 6.10 Å². The van der Waals surface area contributed by atoms with Gasteiger partial charge in [0.25, 0.3) is 0 Å². The molecule has 0 spiro atoms. The molecule has 6 nitrogen and oxygen atoms in total. The average Bonchev–Trinajstić information content (AvgIpc) is 3.11. The van der Waals surface area contributed by atoms with Gasteiger partial charge in [-0.1, -0.05) is 20.8 Å². The molecule has 0 bridgehead atoms. The third-order valence-electron chi connectivity index (χ3n) is 10.8. The van der Waals surface area contributed by atoms with Crippen LogP contribution >= 0.6 is 0 Å². The van der Waals surface area contributed by atoms with Gasteiger partial charge in [-0.3, -0.25) is 9.59 Å². The maximum absolute atomic E-state index is 12.1. The second-order valence-corrected chi connectivity index (χ2v) is 12.2. The molecule has 6 heteroatoms. The number of aliphatic hydroxyl groups excluding tert-OH is 2. The number of rotatable bonds is 5. The van der Waals surface area contributed by atoms with E-state index in [0.29, 0.717) is 36.0 Å². The highest BCUT2D eigenvalue weighted by molar-refractivity contribution is 5.69. The monoisotopic (exact) mass is 464 g/mol. The van der Waals surface area contributed by atoms with Crippen molar-refractivity contribution >= 4 is 11.9 Å². The number of fused-ring (bicyclic) bond motifs is 5. The SMILES string of the molecule is COC(=O)CC[C@@H](C)[C@H]1CC[C@H]2[C@@H]3[C@H](OC(C)=O)C[C@@H]4C[C@H](O)CC[C@]4(C)[C@H]3C[C@H](O)[C@]12C. The molecule has 0 aromatic heterocycles. The standard InChI is InChI=1S/C27H44O6/c1-15(6-9-24(31)32-5)19-7-8-20-25-21(14-23(30)27(19,20)4)26(3)11-10-18(29)12-17(26)13-22(25)33-16(2)28/h15,17-23,25,29-30H,6-14H2,1-5H3/t15-,17+,18-,19-,20+,21+,22-,23+,25+,26+,27-/m1/s1. The molecule has 4 aliphatic rings. The van der Waals surface area contributed by atoms with Crippen LogP contribution in [0.25, 0.3) is 0 Å². The third kappa shape index (κ3) is 4.13. The Morgan fingerprint density at radius 1 is 1.06 bits per heavy atom. The molecule has 0 unspecified atom stereocenters. The minimum atomic E-state index is -0.405. The molecule has 4 aliphatic carbocycles. The van der Waals surface area contributed by atoms with E-state index in [0.717, 1.165) is 51.4 Å². The summed E-state index contributed by atoms with van der Waals surface area (Å²) in [7, 11) is 1.43. The van der Waals surface area contributed by atoms with Gasteiger partial charge in [0.05, 0.1) is 19.3 Å². The smallest absolute Gasteiger partial charge is 0.305 e. The van der Waals surface area contributed by atoms with E-state index in [4.69, 9.17) is 9.47 Å². The van der Waals surface area contributed by atoms with Crippen molar-refractivity contribution in [2.45, 2.75) is 104 Å². The minimum absolute atomic E-state index is 0.0669. The van der Waals surface area contributed by atoms with E-state index in [1.807, 2.05) is 0 Å². The first-order chi connectivity index (χ1) is 15.5. The molecule has 0 heterocycles. The fourth-order valence-electron chi connectivity index (χ4n) is 9.09. The molecular weight excluding hydrogens is 420 g/mol. The number of carbonyl (C=O) groups is 2. The predicted molar refractivity (Wildman–Crippen MR) is 124 cm³/mol. The van der Waals surface area contributed by atoms with Crippen molar-refractivity contribution in [1.29, 1.82) is 0 Å². The molecule has 0 radical (unpaired) electrons. The molecule has 33 heavy (non-hydrogen) atoms. The Balaban J connectivity index is 1.64. The lowest BCUT2D eigenvalue weighted by atomic mass is 9.43. The molecule has 0 aliphatic heterocycles. The number of aliphatic hydroxyl groups is 2. The van der Waals surface area contributed by atoms with Crippen LogP contribution in [-0.2, 0) is 19.1 Å². The highest BCUT2D eigenvalue weighted by atomic mass is 16.5. The molecule has 0 amide bonds. The van der Waals surface area contributed by atoms with E-state index in [1.165, 1.54) is 14.0 Å². The summed E-state index contributed by atoms with van der Waals surface area (Å²) in [6.45, 7) is 8.34. The van der Waals surface area contributed by atoms with Gasteiger partial charge in [-0.05, 0) is 91.8 Å². The van der Waals surface area contributed by atoms with E-state index in [9.17, 15) is 19.8 Å². The largest absolute Gasteiger partial charge is 0.469 e. The fourth-order valence-corrected chi connectivity index (χ4v) is 9.09. The van der Waals surface area contributed by atoms with Crippen LogP contribution in [0.2, 0.25) is 0 Å². The van der Waals surface area contributed by atoms with Crippen LogP contribution in [0.4, 0.5) is 0 Å². The van der Waals surface area contributed by atoms with Crippen LogP contribution in [0.3, 0.4) is 0 Å². The van der Waals surface area contributed by atoms with Crippen LogP contribution < -0.4 is 0 Å². The lowest BCUT2D eigenvalue weighted by Crippen LogP contribution is -2.62. The van der Waals surface area contributed by atoms with E-state index < -0.39 is 6.10 Å². The lowest BCUT2D eigenvalue weighted by Gasteiger charge is -2.63. The number of carbonyl (C=O) groups excluding carboxylic acids is 2. The zero-order chi connectivity index (χ0) is 24.1. The summed E-state index contributed by atoms with van der Waals surface area (Å²) in [4.78, 5) is 23.9. The van der Waals surface area contributed by atoms with Crippen molar-refractivity contribution in [3.8, 4) is 0 Å². The quantitative estimate of drug-likeness (QED) is 0.595. The fraction of sp³-hybridized carbons (Fsp3) is 0.926. The Bertz CT molecular complexity index is 753. The molecule has 4 fully saturated rings. The molecule has 4 rings (SSSR count). The van der Waals surface area contributed by atoms with Crippen LogP contribution in [0.5, 0.6) is 0 Å². The molecule has 0 aromatic rings.